The van der Waals surface area contributed by atoms with E-state index in [-0.39, 0.29) is 34.4 Å². The summed E-state index contributed by atoms with van der Waals surface area (Å²) >= 11 is 0. The maximum absolute atomic E-state index is 11.9. The summed E-state index contributed by atoms with van der Waals surface area (Å²) < 4.78 is 5.62. The molecule has 18 nitrogen and oxygen atoms in total. The number of aryl methyl sites for hydroxylation is 1. The second-order valence-electron chi connectivity index (χ2n) is 12.9. The van der Waals surface area contributed by atoms with Crippen LogP contribution in [0.5, 0.6) is 23.0 Å². The minimum atomic E-state index is -0.549. The van der Waals surface area contributed by atoms with Gasteiger partial charge in [0.1, 0.15) is 23.0 Å². The zero-order chi connectivity index (χ0) is 45.7. The van der Waals surface area contributed by atoms with Gasteiger partial charge in [0.05, 0.1) is 30.7 Å². The van der Waals surface area contributed by atoms with Crippen LogP contribution in [-0.2, 0) is 0 Å². The minimum Gasteiger partial charge on any atom is -0.507 e. The molecule has 6 N–H and O–H groups in total. The van der Waals surface area contributed by atoms with Crippen molar-refractivity contribution in [3.8, 4) is 23.0 Å². The van der Waals surface area contributed by atoms with Crippen LogP contribution in [0.15, 0.2) is 155 Å². The predicted molar refractivity (Wildman–Crippen MR) is 236 cm³/mol. The molecule has 6 aromatic carbocycles. The van der Waals surface area contributed by atoms with Crippen LogP contribution >= 0.6 is 0 Å². The summed E-state index contributed by atoms with van der Waals surface area (Å²) in [6, 6.07) is 36.7. The van der Waals surface area contributed by atoms with Crippen molar-refractivity contribution in [3.63, 3.8) is 0 Å². The van der Waals surface area contributed by atoms with Gasteiger partial charge in [0.25, 0.3) is 29.1 Å². The number of non-ortho nitro benzene ring substituents is 1. The molecule has 320 valence electrons. The summed E-state index contributed by atoms with van der Waals surface area (Å²) in [6.45, 7) is 1.92. The fourth-order valence-electron chi connectivity index (χ4n) is 4.99. The second kappa shape index (κ2) is 23.5. The first-order chi connectivity index (χ1) is 30.2. The van der Waals surface area contributed by atoms with Gasteiger partial charge in [-0.2, -0.15) is 15.3 Å². The predicted octanol–water partition coefficient (Wildman–Crippen LogP) is 6.73. The summed E-state index contributed by atoms with van der Waals surface area (Å²) in [7, 11) is 2.83. The standard InChI is InChI=1S/C15H13N3O5.C15H13N3O3.C15H14N2O2/c1-23-13-7-4-11(14(19)8-13)9-16-17-15(20)10-2-5-12(6-3-10)18(21)22;1-18(21)13-7-4-6-11(9-13)15(20)17-16-10-12-5-2-3-8-14(12)19;1-11-5-4-7-12(9-11)15(19)17-16-10-13-6-2-3-8-14(13)18/h2-9,19H,1H3,(H,17,20);2-10H,1H3,(H-,16,17,19,20);2-10,18H,1H3,(H,17,19)/p+1/b16-9+;;16-10+. The molecule has 0 bridgehead atoms. The molecular weight excluding hydrogens is 813 g/mol. The summed E-state index contributed by atoms with van der Waals surface area (Å²) in [5, 5.41) is 50.7. The van der Waals surface area contributed by atoms with Crippen LogP contribution in [0.4, 0.5) is 11.4 Å². The highest BCUT2D eigenvalue weighted by Gasteiger charge is 2.12. The molecule has 0 fully saturated rings. The number of para-hydroxylation sites is 2. The van der Waals surface area contributed by atoms with E-state index in [1.54, 1.807) is 84.9 Å². The van der Waals surface area contributed by atoms with Crippen molar-refractivity contribution in [2.24, 2.45) is 15.3 Å². The minimum absolute atomic E-state index is 0.0438. The van der Waals surface area contributed by atoms with E-state index in [1.807, 2.05) is 19.1 Å². The van der Waals surface area contributed by atoms with E-state index in [4.69, 9.17) is 4.74 Å². The van der Waals surface area contributed by atoms with Crippen molar-refractivity contribution < 1.29 is 44.1 Å². The van der Waals surface area contributed by atoms with Gasteiger partial charge in [-0.1, -0.05) is 48.0 Å². The Labute approximate surface area is 360 Å². The number of phenols is 3. The van der Waals surface area contributed by atoms with Crippen molar-refractivity contribution >= 4 is 47.7 Å². The van der Waals surface area contributed by atoms with Crippen molar-refractivity contribution in [2.45, 2.75) is 6.92 Å². The van der Waals surface area contributed by atoms with Gasteiger partial charge < -0.3 is 20.1 Å². The molecule has 0 atom stereocenters. The smallest absolute Gasteiger partial charge is 0.271 e. The number of carbonyl (C=O) groups is 3. The molecule has 18 heteroatoms. The normalized spacial score (nSPS) is 10.5. The molecule has 3 amide bonds. The van der Waals surface area contributed by atoms with E-state index in [2.05, 4.69) is 31.6 Å². The van der Waals surface area contributed by atoms with Crippen LogP contribution in [0.25, 0.3) is 0 Å². The number of benzene rings is 6. The molecule has 6 rings (SSSR count). The molecule has 0 aromatic heterocycles. The lowest BCUT2D eigenvalue weighted by atomic mass is 10.1. The SMILES string of the molecule is COc1ccc(/C=N/NC(=O)c2ccc([N+](=O)[O-])cc2)c(O)c1.C[N+](=O)c1cccc(C(=O)N/N=C/c2ccccc2O)c1.Cc1cccc(C(=O)N/N=C/c2ccccc2O)c1. The highest BCUT2D eigenvalue weighted by molar-refractivity contribution is 5.97. The van der Waals surface area contributed by atoms with Crippen LogP contribution in [0.1, 0.15) is 53.3 Å². The number of aromatic hydroxyl groups is 3. The lowest BCUT2D eigenvalue weighted by Gasteiger charge is -2.03. The molecule has 0 aliphatic heterocycles. The van der Waals surface area contributed by atoms with Crippen LogP contribution < -0.4 is 21.0 Å². The first-order valence-electron chi connectivity index (χ1n) is 18.5. The molecule has 0 aliphatic carbocycles. The number of nitrogens with zero attached hydrogens (tertiary/aromatic N) is 5. The van der Waals surface area contributed by atoms with E-state index < -0.39 is 16.7 Å². The number of hydrogen-bond acceptors (Lipinski definition) is 13. The van der Waals surface area contributed by atoms with Crippen molar-refractivity contribution in [1.29, 1.82) is 0 Å². The zero-order valence-corrected chi connectivity index (χ0v) is 33.9. The number of phenolic OH excluding ortho intramolecular Hbond substituents is 3. The van der Waals surface area contributed by atoms with Crippen molar-refractivity contribution in [1.82, 2.24) is 16.3 Å². The van der Waals surface area contributed by atoms with E-state index in [1.165, 1.54) is 75.3 Å². The summed E-state index contributed by atoms with van der Waals surface area (Å²) in [5.41, 5.74) is 10.9. The first kappa shape index (κ1) is 46.6. The summed E-state index contributed by atoms with van der Waals surface area (Å²) in [5.74, 6) is -0.598. The quantitative estimate of drug-likeness (QED) is 0.0327. The lowest BCUT2D eigenvalue weighted by Crippen LogP contribution is -2.17. The zero-order valence-electron chi connectivity index (χ0n) is 33.9. The van der Waals surface area contributed by atoms with E-state index in [9.17, 15) is 44.7 Å². The highest BCUT2D eigenvalue weighted by atomic mass is 16.6. The molecule has 6 aromatic rings. The van der Waals surface area contributed by atoms with Gasteiger partial charge in [-0.25, -0.2) is 16.3 Å². The number of nitrogens with one attached hydrogen (secondary N) is 3. The Hall–Kier alpha value is -9.06. The Kier molecular flexibility index (Phi) is 17.4. The number of nitro benzene ring substituents is 1. The Bertz CT molecular complexity index is 2670. The number of nitro groups is 1. The fraction of sp³-hybridized carbons (Fsp3) is 0.0667. The monoisotopic (exact) mass is 853 g/mol. The molecule has 0 saturated heterocycles. The van der Waals surface area contributed by atoms with Crippen molar-refractivity contribution in [2.75, 3.05) is 14.2 Å². The van der Waals surface area contributed by atoms with Crippen LogP contribution in [-0.4, -0.2) is 75.5 Å². The van der Waals surface area contributed by atoms with E-state index in [0.717, 1.165) is 5.56 Å². The van der Waals surface area contributed by atoms with Gasteiger partial charge >= 0.3 is 0 Å². The van der Waals surface area contributed by atoms with Gasteiger partial charge in [-0.05, 0) is 73.7 Å². The maximum Gasteiger partial charge on any atom is 0.271 e. The van der Waals surface area contributed by atoms with Crippen LogP contribution in [0.3, 0.4) is 0 Å². The average Bonchev–Trinajstić information content (AvgIpc) is 3.28. The van der Waals surface area contributed by atoms with Gasteiger partial charge in [0, 0.05) is 73.4 Å². The number of ether oxygens (including phenoxy) is 1. The third-order valence-electron chi connectivity index (χ3n) is 8.31. The van der Waals surface area contributed by atoms with Crippen molar-refractivity contribution in [3.05, 3.63) is 193 Å². The van der Waals surface area contributed by atoms with Gasteiger partial charge in [-0.3, -0.25) is 24.5 Å². The molecular formula is C45H41N8O10+. The Morgan fingerprint density at radius 3 is 1.49 bits per heavy atom. The van der Waals surface area contributed by atoms with Gasteiger partial charge in [-0.15, -0.1) is 0 Å². The topological polar surface area (TPSA) is 258 Å². The molecule has 0 heterocycles. The fourth-order valence-corrected chi connectivity index (χ4v) is 4.99. The number of hydrogen-bond donors (Lipinski definition) is 6. The third-order valence-corrected chi connectivity index (χ3v) is 8.31. The number of carbonyl (C=O) groups excluding carboxylic acids is 3. The van der Waals surface area contributed by atoms with E-state index >= 15 is 0 Å². The summed E-state index contributed by atoms with van der Waals surface area (Å²) in [4.78, 5) is 56.7. The van der Waals surface area contributed by atoms with Gasteiger partial charge in [0.15, 0.2) is 7.05 Å². The lowest BCUT2D eigenvalue weighted by molar-refractivity contribution is -0.428. The van der Waals surface area contributed by atoms with Crippen LogP contribution in [0, 0.1) is 21.9 Å². The number of rotatable bonds is 12. The Morgan fingerprint density at radius 1 is 0.556 bits per heavy atom. The number of hydrazone groups is 3. The highest BCUT2D eigenvalue weighted by Crippen LogP contribution is 2.22. The molecule has 0 unspecified atom stereocenters. The van der Waals surface area contributed by atoms with Gasteiger partial charge in [0.2, 0.25) is 0 Å². The average molecular weight is 854 g/mol. The Morgan fingerprint density at radius 2 is 1.03 bits per heavy atom. The van der Waals surface area contributed by atoms with Crippen LogP contribution in [0.2, 0.25) is 0 Å². The largest absolute Gasteiger partial charge is 0.507 e. The molecule has 63 heavy (non-hydrogen) atoms. The van der Waals surface area contributed by atoms with E-state index in [0.29, 0.717) is 44.0 Å². The second-order valence-corrected chi connectivity index (χ2v) is 12.9. The Balaban J connectivity index is 0.000000208. The number of nitroso groups, excluding NO2 is 1. The molecule has 0 radical (unpaired) electrons. The maximum atomic E-state index is 11.9. The number of methoxy groups -OCH3 is 1. The number of amides is 3. The first-order valence-corrected chi connectivity index (χ1v) is 18.5. The summed E-state index contributed by atoms with van der Waals surface area (Å²) in [6.07, 6.45) is 4.03. The third kappa shape index (κ3) is 14.9. The molecule has 0 saturated carbocycles. The molecule has 0 spiro atoms. The molecule has 0 aliphatic rings.